The largest absolute Gasteiger partial charge is 0.493 e. The molecule has 27 heavy (non-hydrogen) atoms. The minimum absolute atomic E-state index is 0.0953. The average molecular weight is 371 g/mol. The molecule has 0 amide bonds. The minimum Gasteiger partial charge on any atom is -0.493 e. The van der Waals surface area contributed by atoms with E-state index in [-0.39, 0.29) is 11.8 Å². The SMILES string of the molecule is COC1=C[C@@]23CCN(C)C(Cc4cc(OC)c(OC)cc42)C3=C(OC)C1=O. The molecule has 1 unspecified atom stereocenters. The maximum atomic E-state index is 12.9. The zero-order valence-electron chi connectivity index (χ0n) is 16.4. The molecule has 2 bridgehead atoms. The Bertz CT molecular complexity index is 872. The highest BCUT2D eigenvalue weighted by Crippen LogP contribution is 2.54. The maximum Gasteiger partial charge on any atom is 0.261 e. The van der Waals surface area contributed by atoms with Crippen molar-refractivity contribution in [2.45, 2.75) is 24.3 Å². The molecule has 1 fully saturated rings. The molecule has 0 aromatic heterocycles. The maximum absolute atomic E-state index is 12.9. The summed E-state index contributed by atoms with van der Waals surface area (Å²) in [6.45, 7) is 0.917. The van der Waals surface area contributed by atoms with Gasteiger partial charge in [0.1, 0.15) is 0 Å². The normalized spacial score (nSPS) is 26.8. The van der Waals surface area contributed by atoms with Crippen LogP contribution in [0.15, 0.2) is 35.3 Å². The Labute approximate surface area is 159 Å². The Morgan fingerprint density at radius 2 is 1.74 bits per heavy atom. The van der Waals surface area contributed by atoms with Gasteiger partial charge in [0.25, 0.3) is 5.78 Å². The van der Waals surface area contributed by atoms with E-state index in [0.29, 0.717) is 17.3 Å². The van der Waals surface area contributed by atoms with Crippen molar-refractivity contribution in [1.82, 2.24) is 4.90 Å². The summed E-state index contributed by atoms with van der Waals surface area (Å²) in [6, 6.07) is 4.20. The number of rotatable bonds is 4. The number of Topliss-reactive ketones (excluding diaryl/α,β-unsaturated/α-hetero) is 1. The molecule has 0 saturated carbocycles. The van der Waals surface area contributed by atoms with Crippen LogP contribution in [0.2, 0.25) is 0 Å². The first-order valence-electron chi connectivity index (χ1n) is 9.06. The third-order valence-corrected chi connectivity index (χ3v) is 6.18. The number of carbonyl (C=O) groups is 1. The molecule has 4 rings (SSSR count). The third kappa shape index (κ3) is 2.32. The highest BCUT2D eigenvalue weighted by Gasteiger charge is 2.54. The third-order valence-electron chi connectivity index (χ3n) is 6.18. The zero-order valence-corrected chi connectivity index (χ0v) is 16.4. The van der Waals surface area contributed by atoms with E-state index < -0.39 is 5.41 Å². The van der Waals surface area contributed by atoms with E-state index >= 15 is 0 Å². The van der Waals surface area contributed by atoms with Crippen LogP contribution in [0.1, 0.15) is 17.5 Å². The van der Waals surface area contributed by atoms with E-state index in [1.165, 1.54) is 12.7 Å². The molecule has 1 aromatic rings. The van der Waals surface area contributed by atoms with Gasteiger partial charge in [-0.1, -0.05) is 0 Å². The van der Waals surface area contributed by atoms with Crippen molar-refractivity contribution in [3.05, 3.63) is 46.4 Å². The van der Waals surface area contributed by atoms with Gasteiger partial charge in [0.2, 0.25) is 0 Å². The van der Waals surface area contributed by atoms with Crippen molar-refractivity contribution >= 4 is 5.78 Å². The number of carbonyl (C=O) groups excluding carboxylic acids is 1. The Hall–Kier alpha value is -2.47. The fourth-order valence-electron chi connectivity index (χ4n) is 4.87. The van der Waals surface area contributed by atoms with Crippen molar-refractivity contribution in [2.75, 3.05) is 42.0 Å². The zero-order chi connectivity index (χ0) is 19.3. The molecule has 3 aliphatic rings. The lowest BCUT2D eigenvalue weighted by Gasteiger charge is -2.52. The second kappa shape index (κ2) is 6.30. The van der Waals surface area contributed by atoms with Crippen LogP contribution in [0.4, 0.5) is 0 Å². The predicted molar refractivity (Wildman–Crippen MR) is 100 cm³/mol. The molecule has 0 radical (unpaired) electrons. The highest BCUT2D eigenvalue weighted by atomic mass is 16.5. The predicted octanol–water partition coefficient (Wildman–Crippen LogP) is 2.22. The van der Waals surface area contributed by atoms with Gasteiger partial charge in [0, 0.05) is 17.0 Å². The monoisotopic (exact) mass is 371 g/mol. The molecule has 1 aromatic carbocycles. The van der Waals surface area contributed by atoms with Crippen molar-refractivity contribution in [2.24, 2.45) is 0 Å². The second-order valence-electron chi connectivity index (χ2n) is 7.27. The summed E-state index contributed by atoms with van der Waals surface area (Å²) >= 11 is 0. The Morgan fingerprint density at radius 1 is 1.04 bits per heavy atom. The van der Waals surface area contributed by atoms with Crippen molar-refractivity contribution in [3.63, 3.8) is 0 Å². The Morgan fingerprint density at radius 3 is 2.37 bits per heavy atom. The molecular weight excluding hydrogens is 346 g/mol. The van der Waals surface area contributed by atoms with Gasteiger partial charge in [0.05, 0.1) is 28.4 Å². The molecule has 1 aliphatic heterocycles. The molecule has 2 atom stereocenters. The number of ether oxygens (including phenoxy) is 4. The summed E-state index contributed by atoms with van der Waals surface area (Å²) in [5, 5.41) is 0. The van der Waals surface area contributed by atoms with Crippen LogP contribution in [-0.4, -0.2) is 58.8 Å². The quantitative estimate of drug-likeness (QED) is 0.809. The molecule has 144 valence electrons. The fourth-order valence-corrected chi connectivity index (χ4v) is 4.87. The van der Waals surface area contributed by atoms with Gasteiger partial charge < -0.3 is 18.9 Å². The van der Waals surface area contributed by atoms with Crippen molar-refractivity contribution in [3.8, 4) is 11.5 Å². The van der Waals surface area contributed by atoms with Crippen LogP contribution in [0.3, 0.4) is 0 Å². The summed E-state index contributed by atoms with van der Waals surface area (Å²) in [5.41, 5.74) is 2.93. The van der Waals surface area contributed by atoms with Crippen LogP contribution >= 0.6 is 0 Å². The van der Waals surface area contributed by atoms with Gasteiger partial charge in [-0.25, -0.2) is 0 Å². The van der Waals surface area contributed by atoms with Crippen LogP contribution in [-0.2, 0) is 26.1 Å². The number of likely N-dealkylation sites (tertiary alicyclic amines) is 1. The molecule has 2 aliphatic carbocycles. The molecule has 6 heteroatoms. The van der Waals surface area contributed by atoms with Crippen LogP contribution in [0, 0.1) is 0 Å². The van der Waals surface area contributed by atoms with Crippen LogP contribution in [0.25, 0.3) is 0 Å². The number of allylic oxidation sites excluding steroid dienone is 1. The van der Waals surface area contributed by atoms with Gasteiger partial charge in [-0.2, -0.15) is 0 Å². The summed E-state index contributed by atoms with van der Waals surface area (Å²) in [6.07, 6.45) is 3.61. The number of ketones is 1. The number of benzene rings is 1. The fraction of sp³-hybridized carbons (Fsp3) is 0.476. The molecule has 0 spiro atoms. The van der Waals surface area contributed by atoms with E-state index in [1.807, 2.05) is 12.1 Å². The number of hydrogen-bond donors (Lipinski definition) is 0. The van der Waals surface area contributed by atoms with E-state index in [0.717, 1.165) is 36.3 Å². The van der Waals surface area contributed by atoms with E-state index in [1.54, 1.807) is 21.3 Å². The average Bonchev–Trinajstić information content (AvgIpc) is 2.69. The first-order valence-corrected chi connectivity index (χ1v) is 9.06. The van der Waals surface area contributed by atoms with Gasteiger partial charge in [-0.05, 0) is 55.8 Å². The number of fused-ring (bicyclic) bond motifs is 1. The van der Waals surface area contributed by atoms with Crippen LogP contribution < -0.4 is 9.47 Å². The first kappa shape index (κ1) is 17.9. The minimum atomic E-state index is -0.436. The van der Waals surface area contributed by atoms with Gasteiger partial charge in [-0.3, -0.25) is 9.69 Å². The number of hydrogen-bond acceptors (Lipinski definition) is 6. The van der Waals surface area contributed by atoms with Crippen molar-refractivity contribution < 1.29 is 23.7 Å². The number of likely N-dealkylation sites (N-methyl/N-ethyl adjacent to an activating group) is 1. The van der Waals surface area contributed by atoms with E-state index in [9.17, 15) is 4.79 Å². The van der Waals surface area contributed by atoms with Gasteiger partial charge in [-0.15, -0.1) is 0 Å². The standard InChI is InChI=1S/C21H25NO5/c1-22-7-6-21-11-17(26-4)19(23)20(27-5)18(21)14(22)8-12-9-15(24-2)16(25-3)10-13(12)21/h9-11,14H,6-8H2,1-5H3/t14?,21-/m0/s1. The number of nitrogens with zero attached hydrogens (tertiary/aromatic N) is 1. The first-order chi connectivity index (χ1) is 13.0. The summed E-state index contributed by atoms with van der Waals surface area (Å²) in [4.78, 5) is 15.2. The number of methoxy groups -OCH3 is 4. The lowest BCUT2D eigenvalue weighted by molar-refractivity contribution is -0.118. The summed E-state index contributed by atoms with van der Waals surface area (Å²) in [7, 11) is 8.48. The van der Waals surface area contributed by atoms with E-state index in [2.05, 4.69) is 18.0 Å². The molecule has 6 nitrogen and oxygen atoms in total. The van der Waals surface area contributed by atoms with Gasteiger partial charge >= 0.3 is 0 Å². The number of piperidine rings is 1. The summed E-state index contributed by atoms with van der Waals surface area (Å²) in [5.74, 6) is 1.96. The summed E-state index contributed by atoms with van der Waals surface area (Å²) < 4.78 is 22.1. The molecule has 1 heterocycles. The highest BCUT2D eigenvalue weighted by molar-refractivity contribution is 6.08. The Kier molecular flexibility index (Phi) is 4.18. The molecule has 0 N–H and O–H groups in total. The topological polar surface area (TPSA) is 57.2 Å². The molecular formula is C21H25NO5. The second-order valence-corrected chi connectivity index (χ2v) is 7.27. The van der Waals surface area contributed by atoms with Crippen LogP contribution in [0.5, 0.6) is 11.5 Å². The molecule has 1 saturated heterocycles. The van der Waals surface area contributed by atoms with Crippen molar-refractivity contribution in [1.29, 1.82) is 0 Å². The smallest absolute Gasteiger partial charge is 0.261 e. The lowest BCUT2D eigenvalue weighted by atomic mass is 9.58. The van der Waals surface area contributed by atoms with E-state index in [4.69, 9.17) is 18.9 Å². The lowest BCUT2D eigenvalue weighted by Crippen LogP contribution is -2.55. The van der Waals surface area contributed by atoms with Gasteiger partial charge in [0.15, 0.2) is 23.0 Å². The Balaban J connectivity index is 2.05.